The van der Waals surface area contributed by atoms with Crippen molar-refractivity contribution in [2.24, 2.45) is 0 Å². The van der Waals surface area contributed by atoms with Crippen LogP contribution in [-0.4, -0.2) is 28.8 Å². The summed E-state index contributed by atoms with van der Waals surface area (Å²) in [5, 5.41) is 0.607. The first-order chi connectivity index (χ1) is 6.69. The Balaban J connectivity index is 0.00000196. The van der Waals surface area contributed by atoms with Crippen LogP contribution in [0.3, 0.4) is 0 Å². The van der Waals surface area contributed by atoms with Crippen LogP contribution in [0.5, 0.6) is 0 Å². The number of esters is 1. The zero-order valence-electron chi connectivity index (χ0n) is 8.90. The summed E-state index contributed by atoms with van der Waals surface area (Å²) in [7, 11) is 0. The molecule has 1 rings (SSSR count). The molecule has 4 nitrogen and oxygen atoms in total. The van der Waals surface area contributed by atoms with Gasteiger partial charge in [0.15, 0.2) is 0 Å². The molecule has 1 radical (unpaired) electrons. The number of ether oxygens (including phenoxy) is 1. The molecule has 0 aliphatic heterocycles. The van der Waals surface area contributed by atoms with Crippen molar-refractivity contribution in [3.05, 3.63) is 17.5 Å². The van der Waals surface area contributed by atoms with Gasteiger partial charge in [-0.05, 0) is 30.6 Å². The van der Waals surface area contributed by atoms with Crippen LogP contribution < -0.4 is 0 Å². The maximum Gasteiger partial charge on any atom is 0.253 e. The van der Waals surface area contributed by atoms with Gasteiger partial charge in [0.25, 0.3) is 5.97 Å². The second kappa shape index (κ2) is 7.31. The van der Waals surface area contributed by atoms with Gasteiger partial charge < -0.3 is 19.5 Å². The van der Waals surface area contributed by atoms with Gasteiger partial charge in [0.05, 0.1) is 6.61 Å². The van der Waals surface area contributed by atoms with Crippen LogP contribution in [-0.2, 0) is 37.4 Å². The fourth-order valence-electron chi connectivity index (χ4n) is 0.897. The van der Waals surface area contributed by atoms with E-state index < -0.39 is 5.97 Å². The number of rotatable bonds is 3. The van der Waals surface area contributed by atoms with E-state index >= 15 is 0 Å². The van der Waals surface area contributed by atoms with Crippen LogP contribution in [0.1, 0.15) is 23.0 Å². The molecule has 1 heterocycles. The van der Waals surface area contributed by atoms with Crippen molar-refractivity contribution in [3.8, 4) is 0 Å². The third kappa shape index (κ3) is 4.17. The van der Waals surface area contributed by atoms with Gasteiger partial charge in [-0.2, -0.15) is 0 Å². The maximum atomic E-state index is 11.3. The largest absolute Gasteiger partial charge is 0.505 e. The Morgan fingerprint density at radius 1 is 1.60 bits per heavy atom. The van der Waals surface area contributed by atoms with Crippen LogP contribution in [0.25, 0.3) is 0 Å². The van der Waals surface area contributed by atoms with E-state index in [9.17, 15) is 4.79 Å². The molecule has 0 aromatic carbocycles. The fourth-order valence-corrected chi connectivity index (χ4v) is 1.26. The summed E-state index contributed by atoms with van der Waals surface area (Å²) in [6.07, 6.45) is 4.50. The normalized spacial score (nSPS) is 9.27. The first kappa shape index (κ1) is 15.0. The summed E-state index contributed by atoms with van der Waals surface area (Å²) >= 11 is 1.41. The number of nitrogens with zero attached hydrogens (tertiary/aromatic N) is 2. The smallest absolute Gasteiger partial charge is 0.253 e. The number of aromatic nitrogens is 2. The summed E-state index contributed by atoms with van der Waals surface area (Å²) < 4.78 is 4.83. The van der Waals surface area contributed by atoms with E-state index in [0.717, 1.165) is 0 Å². The number of aryl methyl sites for hydroxylation is 1. The molecule has 0 fully saturated rings. The van der Waals surface area contributed by atoms with Crippen molar-refractivity contribution in [3.63, 3.8) is 0 Å². The molecular weight excluding hydrogens is 289 g/mol. The maximum absolute atomic E-state index is 11.3. The molecule has 0 saturated heterocycles. The number of thioether (sulfide) groups is 1. The summed E-state index contributed by atoms with van der Waals surface area (Å²) in [5.41, 5.74) is 0.910. The molecule has 0 saturated carbocycles. The van der Waals surface area contributed by atoms with Gasteiger partial charge >= 0.3 is 0 Å². The third-order valence-electron chi connectivity index (χ3n) is 1.55. The molecule has 6 heteroatoms. The topological polar surface area (TPSA) is 52.1 Å². The van der Waals surface area contributed by atoms with E-state index in [1.165, 1.54) is 11.8 Å². The van der Waals surface area contributed by atoms with Crippen LogP contribution in [0.4, 0.5) is 0 Å². The second-order valence-corrected chi connectivity index (χ2v) is 3.28. The minimum atomic E-state index is -0.419. The summed E-state index contributed by atoms with van der Waals surface area (Å²) in [6.45, 7) is 3.84. The Morgan fingerprint density at radius 2 is 2.27 bits per heavy atom. The van der Waals surface area contributed by atoms with Crippen molar-refractivity contribution >= 4 is 17.7 Å². The molecule has 0 aliphatic carbocycles. The van der Waals surface area contributed by atoms with Crippen LogP contribution in [0.2, 0.25) is 0 Å². The average Bonchev–Trinajstić information content (AvgIpc) is 2.17. The molecular formula is C9H11N2O2SY-. The van der Waals surface area contributed by atoms with Crippen LogP contribution in [0.15, 0.2) is 5.16 Å². The number of hydrogen-bond donors (Lipinski definition) is 0. The molecule has 0 bridgehead atoms. The zero-order valence-corrected chi connectivity index (χ0v) is 12.6. The molecule has 15 heavy (non-hydrogen) atoms. The Kier molecular flexibility index (Phi) is 7.31. The average molecular weight is 300 g/mol. The van der Waals surface area contributed by atoms with Gasteiger partial charge in [-0.1, -0.05) is 6.92 Å². The zero-order chi connectivity index (χ0) is 10.6. The minimum absolute atomic E-state index is 0. The molecule has 0 aliphatic rings. The predicted octanol–water partition coefficient (Wildman–Crippen LogP) is 1.48. The van der Waals surface area contributed by atoms with Gasteiger partial charge in [-0.15, -0.1) is 11.8 Å². The van der Waals surface area contributed by atoms with E-state index in [1.807, 2.05) is 6.26 Å². The first-order valence-corrected chi connectivity index (χ1v) is 5.39. The van der Waals surface area contributed by atoms with E-state index in [0.29, 0.717) is 23.0 Å². The molecule has 79 valence electrons. The molecule has 1 aromatic heterocycles. The molecule has 0 N–H and O–H groups in total. The first-order valence-electron chi connectivity index (χ1n) is 4.16. The molecule has 0 unspecified atom stereocenters. The van der Waals surface area contributed by atoms with E-state index in [4.69, 9.17) is 4.74 Å². The van der Waals surface area contributed by atoms with Crippen molar-refractivity contribution in [1.82, 2.24) is 9.97 Å². The fraction of sp³-hybridized carbons (Fsp3) is 0.444. The SMILES string of the molecule is CCOC(=O)c1[c-]nc(SC)nc1C.[Y]. The Morgan fingerprint density at radius 3 is 2.73 bits per heavy atom. The van der Waals surface area contributed by atoms with Gasteiger partial charge in [-0.25, -0.2) is 0 Å². The van der Waals surface area contributed by atoms with Gasteiger partial charge in [-0.3, -0.25) is 0 Å². The van der Waals surface area contributed by atoms with E-state index in [1.54, 1.807) is 13.8 Å². The van der Waals surface area contributed by atoms with Crippen LogP contribution in [0, 0.1) is 13.1 Å². The number of hydrogen-bond acceptors (Lipinski definition) is 5. The monoisotopic (exact) mass is 300 g/mol. The van der Waals surface area contributed by atoms with Gasteiger partial charge in [0.2, 0.25) is 0 Å². The summed E-state index contributed by atoms with van der Waals surface area (Å²) in [6, 6.07) is 0. The second-order valence-electron chi connectivity index (χ2n) is 2.50. The molecule has 0 atom stereocenters. The van der Waals surface area contributed by atoms with Gasteiger partial charge in [0, 0.05) is 32.7 Å². The number of carbonyl (C=O) groups excluding carboxylic acids is 1. The quantitative estimate of drug-likeness (QED) is 0.366. The predicted molar refractivity (Wildman–Crippen MR) is 53.3 cm³/mol. The molecule has 1 aromatic rings. The van der Waals surface area contributed by atoms with Gasteiger partial charge in [0.1, 0.15) is 5.16 Å². The Hall–Kier alpha value is 0.00390. The number of carbonyl (C=O) groups is 1. The van der Waals surface area contributed by atoms with Crippen molar-refractivity contribution in [1.29, 1.82) is 0 Å². The van der Waals surface area contributed by atoms with E-state index in [-0.39, 0.29) is 32.7 Å². The molecule has 0 spiro atoms. The third-order valence-corrected chi connectivity index (χ3v) is 2.10. The van der Waals surface area contributed by atoms with Crippen molar-refractivity contribution in [2.75, 3.05) is 12.9 Å². The summed E-state index contributed by atoms with van der Waals surface area (Å²) in [5.74, 6) is -0.419. The molecule has 0 amide bonds. The van der Waals surface area contributed by atoms with Crippen LogP contribution >= 0.6 is 11.8 Å². The van der Waals surface area contributed by atoms with E-state index in [2.05, 4.69) is 16.2 Å². The standard InChI is InChI=1S/C9H11N2O2S.Y/c1-4-13-8(12)7-5-10-9(14-3)11-6(7)2;/h4H2,1-3H3;/q-1;. The Labute approximate surface area is 118 Å². The minimum Gasteiger partial charge on any atom is -0.505 e. The summed E-state index contributed by atoms with van der Waals surface area (Å²) in [4.78, 5) is 19.3. The Bertz CT molecular complexity index is 347. The van der Waals surface area contributed by atoms with Crippen molar-refractivity contribution < 1.29 is 42.2 Å². The van der Waals surface area contributed by atoms with Crippen molar-refractivity contribution in [2.45, 2.75) is 19.0 Å².